The van der Waals surface area contributed by atoms with Crippen LogP contribution in [0.1, 0.15) is 11.4 Å². The van der Waals surface area contributed by atoms with Gasteiger partial charge in [0.25, 0.3) is 5.91 Å². The van der Waals surface area contributed by atoms with Gasteiger partial charge in [0.15, 0.2) is 5.83 Å². The summed E-state index contributed by atoms with van der Waals surface area (Å²) in [5.74, 6) is -1.53. The Kier molecular flexibility index (Phi) is 2.30. The lowest BCUT2D eigenvalue weighted by molar-refractivity contribution is -0.130. The van der Waals surface area contributed by atoms with Crippen LogP contribution in [-0.2, 0) is 17.9 Å². The molecule has 0 fully saturated rings. The van der Waals surface area contributed by atoms with Gasteiger partial charge in [0.05, 0.1) is 24.5 Å². The van der Waals surface area contributed by atoms with Crippen molar-refractivity contribution in [2.75, 3.05) is 6.54 Å². The number of amides is 1. The van der Waals surface area contributed by atoms with Crippen LogP contribution < -0.4 is 0 Å². The number of hydrogen-bond acceptors (Lipinski definition) is 2. The Morgan fingerprint density at radius 3 is 3.00 bits per heavy atom. The van der Waals surface area contributed by atoms with Crippen molar-refractivity contribution in [3.8, 4) is 0 Å². The SMILES string of the molecule is C=C(F)C(=O)N1CCn2nc(C)cc2C1. The van der Waals surface area contributed by atoms with E-state index >= 15 is 0 Å². The molecule has 0 atom stereocenters. The second-order valence-electron chi connectivity index (χ2n) is 3.63. The summed E-state index contributed by atoms with van der Waals surface area (Å²) in [6.07, 6.45) is 0. The first-order chi connectivity index (χ1) is 7.08. The number of aryl methyl sites for hydroxylation is 1. The Balaban J connectivity index is 2.18. The first-order valence-corrected chi connectivity index (χ1v) is 4.75. The summed E-state index contributed by atoms with van der Waals surface area (Å²) < 4.78 is 14.5. The summed E-state index contributed by atoms with van der Waals surface area (Å²) in [6.45, 7) is 6.41. The van der Waals surface area contributed by atoms with Gasteiger partial charge in [0.1, 0.15) is 0 Å². The van der Waals surface area contributed by atoms with E-state index in [0.29, 0.717) is 19.6 Å². The third kappa shape index (κ3) is 1.77. The molecule has 2 heterocycles. The standard InChI is InChI=1S/C10H12FN3O/c1-7-5-9-6-13(10(15)8(2)11)3-4-14(9)12-7/h5H,2-4,6H2,1H3. The van der Waals surface area contributed by atoms with Crippen LogP contribution in [0.25, 0.3) is 0 Å². The third-order valence-electron chi connectivity index (χ3n) is 2.44. The van der Waals surface area contributed by atoms with Gasteiger partial charge in [-0.2, -0.15) is 5.10 Å². The molecule has 0 saturated carbocycles. The largest absolute Gasteiger partial charge is 0.329 e. The number of fused-ring (bicyclic) bond motifs is 1. The Morgan fingerprint density at radius 2 is 2.33 bits per heavy atom. The van der Waals surface area contributed by atoms with E-state index in [1.807, 2.05) is 17.7 Å². The minimum absolute atomic E-state index is 0.405. The number of hydrogen-bond donors (Lipinski definition) is 0. The van der Waals surface area contributed by atoms with Crippen molar-refractivity contribution in [1.82, 2.24) is 14.7 Å². The summed E-state index contributed by atoms with van der Waals surface area (Å²) in [5.41, 5.74) is 1.85. The first-order valence-electron chi connectivity index (χ1n) is 4.75. The fraction of sp³-hybridized carbons (Fsp3) is 0.400. The summed E-state index contributed by atoms with van der Waals surface area (Å²) in [7, 11) is 0. The van der Waals surface area contributed by atoms with Gasteiger partial charge in [-0.15, -0.1) is 0 Å². The Bertz CT molecular complexity index is 424. The second-order valence-corrected chi connectivity index (χ2v) is 3.63. The van der Waals surface area contributed by atoms with Gasteiger partial charge in [-0.25, -0.2) is 4.39 Å². The molecule has 0 aliphatic carbocycles. The second kappa shape index (κ2) is 3.49. The molecule has 2 rings (SSSR count). The van der Waals surface area contributed by atoms with Gasteiger partial charge >= 0.3 is 0 Å². The van der Waals surface area contributed by atoms with E-state index in [1.54, 1.807) is 0 Å². The molecule has 1 amide bonds. The molecule has 15 heavy (non-hydrogen) atoms. The highest BCUT2D eigenvalue weighted by atomic mass is 19.1. The van der Waals surface area contributed by atoms with Crippen LogP contribution in [0.15, 0.2) is 18.5 Å². The molecule has 5 heteroatoms. The molecule has 0 saturated heterocycles. The zero-order valence-electron chi connectivity index (χ0n) is 8.53. The number of nitrogens with zero attached hydrogens (tertiary/aromatic N) is 3. The molecular formula is C10H12FN3O. The van der Waals surface area contributed by atoms with Gasteiger partial charge in [-0.05, 0) is 13.0 Å². The quantitative estimate of drug-likeness (QED) is 0.647. The van der Waals surface area contributed by atoms with E-state index in [1.165, 1.54) is 4.90 Å². The molecular weight excluding hydrogens is 197 g/mol. The van der Waals surface area contributed by atoms with Gasteiger partial charge in [0.2, 0.25) is 0 Å². The van der Waals surface area contributed by atoms with Crippen molar-refractivity contribution in [1.29, 1.82) is 0 Å². The molecule has 0 N–H and O–H groups in total. The summed E-state index contributed by atoms with van der Waals surface area (Å²) >= 11 is 0. The van der Waals surface area contributed by atoms with Crippen molar-refractivity contribution < 1.29 is 9.18 Å². The maximum Gasteiger partial charge on any atom is 0.282 e. The van der Waals surface area contributed by atoms with Gasteiger partial charge in [-0.1, -0.05) is 6.58 Å². The smallest absolute Gasteiger partial charge is 0.282 e. The number of aromatic nitrogens is 2. The predicted molar refractivity (Wildman–Crippen MR) is 52.6 cm³/mol. The monoisotopic (exact) mass is 209 g/mol. The molecule has 1 aromatic rings. The lowest BCUT2D eigenvalue weighted by Gasteiger charge is -2.26. The molecule has 0 radical (unpaired) electrons. The van der Waals surface area contributed by atoms with Crippen molar-refractivity contribution in [2.45, 2.75) is 20.0 Å². The Morgan fingerprint density at radius 1 is 1.60 bits per heavy atom. The molecule has 1 aromatic heterocycles. The van der Waals surface area contributed by atoms with E-state index in [4.69, 9.17) is 0 Å². The van der Waals surface area contributed by atoms with Gasteiger partial charge in [-0.3, -0.25) is 9.48 Å². The van der Waals surface area contributed by atoms with E-state index in [-0.39, 0.29) is 0 Å². The van der Waals surface area contributed by atoms with E-state index < -0.39 is 11.7 Å². The number of rotatable bonds is 1. The lowest BCUT2D eigenvalue weighted by atomic mass is 10.3. The van der Waals surface area contributed by atoms with E-state index in [0.717, 1.165) is 11.4 Å². The molecule has 0 spiro atoms. The highest BCUT2D eigenvalue weighted by Crippen LogP contribution is 2.15. The average molecular weight is 209 g/mol. The minimum atomic E-state index is -0.903. The van der Waals surface area contributed by atoms with Crippen LogP contribution in [0.5, 0.6) is 0 Å². The fourth-order valence-electron chi connectivity index (χ4n) is 1.75. The normalized spacial score (nSPS) is 14.9. The van der Waals surface area contributed by atoms with E-state index in [9.17, 15) is 9.18 Å². The minimum Gasteiger partial charge on any atom is -0.329 e. The van der Waals surface area contributed by atoms with Crippen molar-refractivity contribution >= 4 is 5.91 Å². The van der Waals surface area contributed by atoms with Crippen LogP contribution in [0, 0.1) is 6.92 Å². The molecule has 0 aromatic carbocycles. The zero-order valence-corrected chi connectivity index (χ0v) is 8.53. The van der Waals surface area contributed by atoms with Crippen LogP contribution >= 0.6 is 0 Å². The number of halogens is 1. The summed E-state index contributed by atoms with van der Waals surface area (Å²) in [5, 5.41) is 4.25. The van der Waals surface area contributed by atoms with Crippen LogP contribution in [0.2, 0.25) is 0 Å². The third-order valence-corrected chi connectivity index (χ3v) is 2.44. The highest BCUT2D eigenvalue weighted by Gasteiger charge is 2.23. The van der Waals surface area contributed by atoms with Crippen molar-refractivity contribution in [3.05, 3.63) is 29.9 Å². The molecule has 0 bridgehead atoms. The van der Waals surface area contributed by atoms with Crippen LogP contribution in [-0.4, -0.2) is 27.1 Å². The number of carbonyl (C=O) groups is 1. The van der Waals surface area contributed by atoms with Gasteiger partial charge < -0.3 is 4.90 Å². The highest BCUT2D eigenvalue weighted by molar-refractivity contribution is 5.90. The van der Waals surface area contributed by atoms with Crippen molar-refractivity contribution in [2.24, 2.45) is 0 Å². The average Bonchev–Trinajstić information content (AvgIpc) is 2.55. The van der Waals surface area contributed by atoms with Gasteiger partial charge in [0, 0.05) is 6.54 Å². The number of carbonyl (C=O) groups excluding carboxylic acids is 1. The maximum absolute atomic E-state index is 12.7. The lowest BCUT2D eigenvalue weighted by Crippen LogP contribution is -2.38. The first kappa shape index (κ1) is 9.89. The van der Waals surface area contributed by atoms with Crippen molar-refractivity contribution in [3.63, 3.8) is 0 Å². The fourth-order valence-corrected chi connectivity index (χ4v) is 1.75. The molecule has 4 nitrogen and oxygen atoms in total. The maximum atomic E-state index is 12.7. The Labute approximate surface area is 87.0 Å². The summed E-state index contributed by atoms with van der Waals surface area (Å²) in [6, 6.07) is 1.90. The molecule has 1 aliphatic rings. The van der Waals surface area contributed by atoms with Crippen LogP contribution in [0.4, 0.5) is 4.39 Å². The van der Waals surface area contributed by atoms with E-state index in [2.05, 4.69) is 11.7 Å². The topological polar surface area (TPSA) is 38.1 Å². The molecule has 1 aliphatic heterocycles. The molecule has 0 unspecified atom stereocenters. The van der Waals surface area contributed by atoms with Crippen LogP contribution in [0.3, 0.4) is 0 Å². The zero-order chi connectivity index (χ0) is 11.0. The summed E-state index contributed by atoms with van der Waals surface area (Å²) in [4.78, 5) is 12.8. The Hall–Kier alpha value is -1.65. The molecule has 80 valence electrons. The predicted octanol–water partition coefficient (Wildman–Crippen LogP) is 1.02.